The van der Waals surface area contributed by atoms with Crippen molar-refractivity contribution in [1.29, 1.82) is 0 Å². The summed E-state index contributed by atoms with van der Waals surface area (Å²) in [5, 5.41) is 4.35. The molecule has 7 heteroatoms. The van der Waals surface area contributed by atoms with E-state index in [1.54, 1.807) is 0 Å². The van der Waals surface area contributed by atoms with Gasteiger partial charge in [-0.1, -0.05) is 37.3 Å². The molecule has 1 unspecified atom stereocenters. The predicted molar refractivity (Wildman–Crippen MR) is 126 cm³/mol. The maximum atomic E-state index is 14.3. The smallest absolute Gasteiger partial charge is 0.220 e. The Labute approximate surface area is 191 Å². The molecular formula is C26H25F2N5. The molecule has 0 bridgehead atoms. The van der Waals surface area contributed by atoms with Crippen molar-refractivity contribution in [2.24, 2.45) is 0 Å². The monoisotopic (exact) mass is 445 g/mol. The molecule has 0 fully saturated rings. The van der Waals surface area contributed by atoms with E-state index < -0.39 is 11.6 Å². The molecule has 0 spiro atoms. The van der Waals surface area contributed by atoms with Crippen LogP contribution in [-0.2, 0) is 13.1 Å². The maximum Gasteiger partial charge on any atom is 0.220 e. The predicted octanol–water partition coefficient (Wildman–Crippen LogP) is 4.80. The second-order valence-corrected chi connectivity index (χ2v) is 8.47. The minimum absolute atomic E-state index is 0.125. The quantitative estimate of drug-likeness (QED) is 0.462. The Morgan fingerprint density at radius 1 is 1.06 bits per heavy atom. The zero-order valence-electron chi connectivity index (χ0n) is 18.6. The van der Waals surface area contributed by atoms with Gasteiger partial charge in [0.1, 0.15) is 0 Å². The number of rotatable bonds is 5. The first kappa shape index (κ1) is 21.4. The van der Waals surface area contributed by atoms with Crippen molar-refractivity contribution in [3.63, 3.8) is 0 Å². The zero-order chi connectivity index (χ0) is 23.1. The average molecular weight is 446 g/mol. The topological polar surface area (TPSA) is 67.1 Å². The Hall–Kier alpha value is -3.42. The van der Waals surface area contributed by atoms with Gasteiger partial charge >= 0.3 is 0 Å². The lowest BCUT2D eigenvalue weighted by atomic mass is 9.95. The van der Waals surface area contributed by atoms with Gasteiger partial charge in [-0.05, 0) is 65.7 Å². The van der Waals surface area contributed by atoms with Gasteiger partial charge in [-0.2, -0.15) is 0 Å². The normalized spacial score (nSPS) is 15.4. The maximum absolute atomic E-state index is 14.3. The van der Waals surface area contributed by atoms with Crippen LogP contribution in [0.5, 0.6) is 0 Å². The van der Waals surface area contributed by atoms with Crippen molar-refractivity contribution in [2.45, 2.75) is 26.1 Å². The van der Waals surface area contributed by atoms with Crippen LogP contribution in [0.25, 0.3) is 22.0 Å². The summed E-state index contributed by atoms with van der Waals surface area (Å²) in [4.78, 5) is 11.1. The van der Waals surface area contributed by atoms with Crippen LogP contribution in [0.1, 0.15) is 35.3 Å². The largest absolute Gasteiger partial charge is 0.368 e. The molecule has 0 amide bonds. The summed E-state index contributed by atoms with van der Waals surface area (Å²) in [5.74, 6) is -1.51. The SMILES string of the molecule is CCN(C)Cc1cc(F)c(F)cc1-c1ccc2nc(N)nc(C3NCc4ccccc43)c2c1. The van der Waals surface area contributed by atoms with Crippen LogP contribution < -0.4 is 11.1 Å². The second-order valence-electron chi connectivity index (χ2n) is 8.47. The fourth-order valence-electron chi connectivity index (χ4n) is 4.49. The first-order valence-corrected chi connectivity index (χ1v) is 11.0. The number of nitrogens with two attached hydrogens (primary N) is 1. The number of halogens is 2. The summed E-state index contributed by atoms with van der Waals surface area (Å²) in [6.07, 6.45) is 0. The van der Waals surface area contributed by atoms with E-state index in [1.165, 1.54) is 17.7 Å². The fourth-order valence-corrected chi connectivity index (χ4v) is 4.49. The Morgan fingerprint density at radius 3 is 2.67 bits per heavy atom. The van der Waals surface area contributed by atoms with E-state index >= 15 is 0 Å². The molecule has 1 aromatic heterocycles. The summed E-state index contributed by atoms with van der Waals surface area (Å²) in [5.41, 5.74) is 12.1. The summed E-state index contributed by atoms with van der Waals surface area (Å²) in [7, 11) is 1.95. The lowest BCUT2D eigenvalue weighted by molar-refractivity contribution is 0.345. The third-order valence-electron chi connectivity index (χ3n) is 6.32. The Kier molecular flexibility index (Phi) is 5.52. The molecule has 3 aromatic carbocycles. The lowest BCUT2D eigenvalue weighted by Crippen LogP contribution is -2.18. The molecule has 33 heavy (non-hydrogen) atoms. The van der Waals surface area contributed by atoms with Crippen LogP contribution in [0.15, 0.2) is 54.6 Å². The van der Waals surface area contributed by atoms with Gasteiger partial charge in [-0.3, -0.25) is 0 Å². The summed E-state index contributed by atoms with van der Waals surface area (Å²) >= 11 is 0. The summed E-state index contributed by atoms with van der Waals surface area (Å²) in [6, 6.07) is 16.3. The number of hydrogen-bond acceptors (Lipinski definition) is 5. The van der Waals surface area contributed by atoms with Crippen LogP contribution in [0.2, 0.25) is 0 Å². The Morgan fingerprint density at radius 2 is 1.85 bits per heavy atom. The third kappa shape index (κ3) is 3.94. The number of fused-ring (bicyclic) bond motifs is 2. The molecule has 168 valence electrons. The van der Waals surface area contributed by atoms with Crippen molar-refractivity contribution in [3.05, 3.63) is 88.6 Å². The number of nitrogens with one attached hydrogen (secondary N) is 1. The minimum Gasteiger partial charge on any atom is -0.368 e. The van der Waals surface area contributed by atoms with E-state index in [0.717, 1.165) is 40.9 Å². The molecule has 1 aliphatic heterocycles. The standard InChI is InChI=1S/C26H25F2N5/c1-3-33(2)14-17-11-21(27)22(28)12-19(17)15-8-9-23-20(10-15)25(32-26(29)31-23)24-18-7-5-4-6-16(18)13-30-24/h4-12,24,30H,3,13-14H2,1-2H3,(H2,29,31,32). The molecule has 0 saturated heterocycles. The molecule has 0 aliphatic carbocycles. The van der Waals surface area contributed by atoms with Crippen LogP contribution in [0.3, 0.4) is 0 Å². The van der Waals surface area contributed by atoms with Gasteiger partial charge in [0.15, 0.2) is 11.6 Å². The van der Waals surface area contributed by atoms with Gasteiger partial charge in [0.25, 0.3) is 0 Å². The van der Waals surface area contributed by atoms with E-state index in [-0.39, 0.29) is 12.0 Å². The number of benzene rings is 3. The second kappa shape index (κ2) is 8.50. The summed E-state index contributed by atoms with van der Waals surface area (Å²) in [6.45, 7) is 4.06. The number of hydrogen-bond donors (Lipinski definition) is 2. The van der Waals surface area contributed by atoms with Gasteiger partial charge in [0, 0.05) is 18.5 Å². The lowest BCUT2D eigenvalue weighted by Gasteiger charge is -2.19. The first-order chi connectivity index (χ1) is 15.9. The molecule has 4 aromatic rings. The highest BCUT2D eigenvalue weighted by atomic mass is 19.2. The Bertz CT molecular complexity index is 1350. The average Bonchev–Trinajstić information content (AvgIpc) is 3.24. The third-order valence-corrected chi connectivity index (χ3v) is 6.32. The zero-order valence-corrected chi connectivity index (χ0v) is 18.6. The van der Waals surface area contributed by atoms with E-state index in [9.17, 15) is 8.78 Å². The first-order valence-electron chi connectivity index (χ1n) is 11.0. The van der Waals surface area contributed by atoms with Crippen molar-refractivity contribution in [1.82, 2.24) is 20.2 Å². The molecule has 5 nitrogen and oxygen atoms in total. The number of aromatic nitrogens is 2. The molecule has 1 atom stereocenters. The van der Waals surface area contributed by atoms with E-state index in [2.05, 4.69) is 27.4 Å². The number of nitrogens with zero attached hydrogens (tertiary/aromatic N) is 3. The van der Waals surface area contributed by atoms with Crippen LogP contribution in [0.4, 0.5) is 14.7 Å². The Balaban J connectivity index is 1.68. The van der Waals surface area contributed by atoms with Gasteiger partial charge < -0.3 is 16.0 Å². The van der Waals surface area contributed by atoms with E-state index in [1.807, 2.05) is 49.2 Å². The molecule has 3 N–H and O–H groups in total. The molecule has 5 rings (SSSR count). The molecular weight excluding hydrogens is 420 g/mol. The van der Waals surface area contributed by atoms with Gasteiger partial charge in [0.2, 0.25) is 5.95 Å². The highest BCUT2D eigenvalue weighted by molar-refractivity contribution is 5.88. The molecule has 0 saturated carbocycles. The van der Waals surface area contributed by atoms with Gasteiger partial charge in [-0.25, -0.2) is 18.7 Å². The van der Waals surface area contributed by atoms with Crippen LogP contribution in [0, 0.1) is 11.6 Å². The highest BCUT2D eigenvalue weighted by Crippen LogP contribution is 2.36. The fraction of sp³-hybridized carbons (Fsp3) is 0.231. The van der Waals surface area contributed by atoms with Crippen LogP contribution in [-0.4, -0.2) is 28.5 Å². The van der Waals surface area contributed by atoms with Crippen molar-refractivity contribution in [2.75, 3.05) is 19.3 Å². The number of nitrogen functional groups attached to an aromatic ring is 1. The minimum atomic E-state index is -0.867. The van der Waals surface area contributed by atoms with Gasteiger partial charge in [-0.15, -0.1) is 0 Å². The van der Waals surface area contributed by atoms with E-state index in [4.69, 9.17) is 5.73 Å². The van der Waals surface area contributed by atoms with Crippen molar-refractivity contribution >= 4 is 16.9 Å². The highest BCUT2D eigenvalue weighted by Gasteiger charge is 2.26. The van der Waals surface area contributed by atoms with Crippen molar-refractivity contribution in [3.8, 4) is 11.1 Å². The summed E-state index contributed by atoms with van der Waals surface area (Å²) < 4.78 is 28.4. The van der Waals surface area contributed by atoms with E-state index in [0.29, 0.717) is 17.6 Å². The van der Waals surface area contributed by atoms with Crippen molar-refractivity contribution < 1.29 is 8.78 Å². The molecule has 1 aliphatic rings. The van der Waals surface area contributed by atoms with Gasteiger partial charge in [0.05, 0.1) is 17.3 Å². The molecule has 2 heterocycles. The molecule has 0 radical (unpaired) electrons. The number of anilines is 1. The van der Waals surface area contributed by atoms with Crippen LogP contribution >= 0.6 is 0 Å².